The summed E-state index contributed by atoms with van der Waals surface area (Å²) < 4.78 is 5.09. The molecular formula is C25H19N3O4. The molecule has 0 bridgehead atoms. The molecule has 0 radical (unpaired) electrons. The molecule has 1 heterocycles. The Morgan fingerprint density at radius 1 is 0.969 bits per heavy atom. The minimum absolute atomic E-state index is 0.349. The number of amides is 1. The normalized spacial score (nSPS) is 10.9. The van der Waals surface area contributed by atoms with E-state index in [9.17, 15) is 9.59 Å². The minimum atomic E-state index is -1.04. The minimum Gasteiger partial charge on any atom is -0.482 e. The van der Waals surface area contributed by atoms with Crippen LogP contribution in [0.3, 0.4) is 0 Å². The monoisotopic (exact) mass is 425 g/mol. The highest BCUT2D eigenvalue weighted by molar-refractivity contribution is 6.07. The Kier molecular flexibility index (Phi) is 6.17. The summed E-state index contributed by atoms with van der Waals surface area (Å²) in [5.41, 5.74) is 6.11. The van der Waals surface area contributed by atoms with Crippen molar-refractivity contribution in [3.05, 3.63) is 96.1 Å². The number of aromatic nitrogens is 1. The predicted molar refractivity (Wildman–Crippen MR) is 122 cm³/mol. The fourth-order valence-corrected chi connectivity index (χ4v) is 3.14. The Balaban J connectivity index is 1.53. The number of hydrogen-bond acceptors (Lipinski definition) is 5. The number of hydrogen-bond donors (Lipinski definition) is 2. The molecule has 4 rings (SSSR count). The number of para-hydroxylation sites is 1. The topological polar surface area (TPSA) is 101 Å². The lowest BCUT2D eigenvalue weighted by Gasteiger charge is -2.09. The number of rotatable bonds is 7. The predicted octanol–water partition coefficient (Wildman–Crippen LogP) is 4.13. The number of pyridine rings is 1. The van der Waals surface area contributed by atoms with Gasteiger partial charge in [0.05, 0.1) is 23.0 Å². The van der Waals surface area contributed by atoms with Crippen LogP contribution >= 0.6 is 0 Å². The molecule has 0 saturated carbocycles. The van der Waals surface area contributed by atoms with Gasteiger partial charge in [0.2, 0.25) is 0 Å². The molecule has 4 aromatic rings. The Morgan fingerprint density at radius 2 is 1.69 bits per heavy atom. The van der Waals surface area contributed by atoms with Gasteiger partial charge in [-0.15, -0.1) is 0 Å². The number of carboxylic acids is 1. The number of carboxylic acid groups (broad SMARTS) is 1. The standard InChI is InChI=1S/C25H19N3O4/c29-24(30)16-32-19-12-10-17(11-13-19)15-26-28-25(31)21-14-23(18-6-2-1-3-7-18)27-22-9-5-4-8-20(21)22/h1-15H,16H2,(H,28,31)(H,29,30)/b26-15+. The van der Waals surface area contributed by atoms with Crippen molar-refractivity contribution in [2.45, 2.75) is 0 Å². The average molecular weight is 425 g/mol. The van der Waals surface area contributed by atoms with Crippen LogP contribution in [0.4, 0.5) is 0 Å². The number of carbonyl (C=O) groups excluding carboxylic acids is 1. The Labute approximate surface area is 184 Å². The maximum atomic E-state index is 12.9. The molecule has 7 nitrogen and oxygen atoms in total. The molecule has 0 spiro atoms. The van der Waals surface area contributed by atoms with Crippen LogP contribution in [-0.2, 0) is 4.79 Å². The smallest absolute Gasteiger partial charge is 0.341 e. The van der Waals surface area contributed by atoms with Gasteiger partial charge < -0.3 is 9.84 Å². The molecule has 0 fully saturated rings. The van der Waals surface area contributed by atoms with E-state index >= 15 is 0 Å². The second-order valence-electron chi connectivity index (χ2n) is 6.89. The van der Waals surface area contributed by atoms with Gasteiger partial charge in [0.25, 0.3) is 5.91 Å². The van der Waals surface area contributed by atoms with Crippen molar-refractivity contribution >= 4 is 29.0 Å². The molecule has 158 valence electrons. The largest absolute Gasteiger partial charge is 0.482 e. The first-order chi connectivity index (χ1) is 15.6. The molecule has 1 amide bonds. The van der Waals surface area contributed by atoms with E-state index in [1.165, 1.54) is 6.21 Å². The maximum Gasteiger partial charge on any atom is 0.341 e. The summed E-state index contributed by atoms with van der Waals surface area (Å²) in [7, 11) is 0. The van der Waals surface area contributed by atoms with E-state index in [0.29, 0.717) is 17.0 Å². The first kappa shape index (κ1) is 20.7. The van der Waals surface area contributed by atoms with Crippen LogP contribution in [-0.4, -0.2) is 34.8 Å². The molecule has 7 heteroatoms. The number of carbonyl (C=O) groups is 2. The van der Waals surface area contributed by atoms with Crippen LogP contribution in [0.1, 0.15) is 15.9 Å². The Bertz CT molecular complexity index is 1290. The first-order valence-corrected chi connectivity index (χ1v) is 9.83. The fourth-order valence-electron chi connectivity index (χ4n) is 3.14. The third kappa shape index (κ3) is 4.96. The van der Waals surface area contributed by atoms with Gasteiger partial charge in [0.1, 0.15) is 5.75 Å². The van der Waals surface area contributed by atoms with Gasteiger partial charge >= 0.3 is 5.97 Å². The summed E-state index contributed by atoms with van der Waals surface area (Å²) in [6.07, 6.45) is 1.50. The van der Waals surface area contributed by atoms with Crippen molar-refractivity contribution in [3.63, 3.8) is 0 Å². The number of benzene rings is 3. The van der Waals surface area contributed by atoms with E-state index in [4.69, 9.17) is 9.84 Å². The molecular weight excluding hydrogens is 406 g/mol. The Morgan fingerprint density at radius 3 is 2.44 bits per heavy atom. The molecule has 0 saturated heterocycles. The first-order valence-electron chi connectivity index (χ1n) is 9.83. The third-order valence-corrected chi connectivity index (χ3v) is 4.65. The van der Waals surface area contributed by atoms with Crippen molar-refractivity contribution in [3.8, 4) is 17.0 Å². The molecule has 0 aliphatic rings. The molecule has 1 aromatic heterocycles. The molecule has 3 aromatic carbocycles. The van der Waals surface area contributed by atoms with Crippen LogP contribution in [0.15, 0.2) is 90.0 Å². The van der Waals surface area contributed by atoms with Gasteiger partial charge in [0.15, 0.2) is 6.61 Å². The van der Waals surface area contributed by atoms with Gasteiger partial charge in [-0.1, -0.05) is 48.5 Å². The van der Waals surface area contributed by atoms with Crippen molar-refractivity contribution < 1.29 is 19.4 Å². The summed E-state index contributed by atoms with van der Waals surface area (Å²) in [5.74, 6) is -0.957. The van der Waals surface area contributed by atoms with E-state index in [1.54, 1.807) is 30.3 Å². The lowest BCUT2D eigenvalue weighted by molar-refractivity contribution is -0.139. The summed E-state index contributed by atoms with van der Waals surface area (Å²) in [4.78, 5) is 28.1. The summed E-state index contributed by atoms with van der Waals surface area (Å²) >= 11 is 0. The summed E-state index contributed by atoms with van der Waals surface area (Å²) in [6.45, 7) is -0.408. The van der Waals surface area contributed by atoms with Gasteiger partial charge in [-0.25, -0.2) is 15.2 Å². The van der Waals surface area contributed by atoms with Gasteiger partial charge in [0, 0.05) is 10.9 Å². The molecule has 2 N–H and O–H groups in total. The van der Waals surface area contributed by atoms with E-state index in [-0.39, 0.29) is 5.91 Å². The number of fused-ring (bicyclic) bond motifs is 1. The molecule has 32 heavy (non-hydrogen) atoms. The van der Waals surface area contributed by atoms with Crippen LogP contribution < -0.4 is 10.2 Å². The average Bonchev–Trinajstić information content (AvgIpc) is 2.83. The number of ether oxygens (including phenoxy) is 1. The number of nitrogens with one attached hydrogen (secondary N) is 1. The van der Waals surface area contributed by atoms with Gasteiger partial charge in [-0.2, -0.15) is 5.10 Å². The van der Waals surface area contributed by atoms with E-state index < -0.39 is 12.6 Å². The lowest BCUT2D eigenvalue weighted by atomic mass is 10.0. The van der Waals surface area contributed by atoms with E-state index in [0.717, 1.165) is 22.0 Å². The summed E-state index contributed by atoms with van der Waals surface area (Å²) in [6, 6.07) is 25.6. The summed E-state index contributed by atoms with van der Waals surface area (Å²) in [5, 5.41) is 13.4. The van der Waals surface area contributed by atoms with Gasteiger partial charge in [-0.3, -0.25) is 4.79 Å². The van der Waals surface area contributed by atoms with Crippen molar-refractivity contribution in [2.24, 2.45) is 5.10 Å². The number of nitrogens with zero attached hydrogens (tertiary/aromatic N) is 2. The SMILES string of the molecule is O=C(O)COc1ccc(/C=N/NC(=O)c2cc(-c3ccccc3)nc3ccccc23)cc1. The van der Waals surface area contributed by atoms with E-state index in [1.807, 2.05) is 54.6 Å². The number of hydrazone groups is 1. The zero-order valence-corrected chi connectivity index (χ0v) is 16.9. The Hall–Kier alpha value is -4.52. The second kappa shape index (κ2) is 9.53. The molecule has 0 aliphatic carbocycles. The van der Waals surface area contributed by atoms with Crippen LogP contribution in [0.2, 0.25) is 0 Å². The molecule has 0 aliphatic heterocycles. The highest BCUT2D eigenvalue weighted by atomic mass is 16.5. The van der Waals surface area contributed by atoms with Crippen LogP contribution in [0, 0.1) is 0 Å². The van der Waals surface area contributed by atoms with Gasteiger partial charge in [-0.05, 0) is 42.0 Å². The zero-order chi connectivity index (χ0) is 22.3. The number of aliphatic carboxylic acids is 1. The highest BCUT2D eigenvalue weighted by Gasteiger charge is 2.13. The lowest BCUT2D eigenvalue weighted by Crippen LogP contribution is -2.18. The van der Waals surface area contributed by atoms with Crippen LogP contribution in [0.25, 0.3) is 22.2 Å². The highest BCUT2D eigenvalue weighted by Crippen LogP contribution is 2.24. The zero-order valence-electron chi connectivity index (χ0n) is 16.9. The second-order valence-corrected chi connectivity index (χ2v) is 6.89. The molecule has 0 atom stereocenters. The fraction of sp³-hybridized carbons (Fsp3) is 0.0400. The maximum absolute atomic E-state index is 12.9. The quantitative estimate of drug-likeness (QED) is 0.343. The van der Waals surface area contributed by atoms with Crippen molar-refractivity contribution in [1.82, 2.24) is 10.4 Å². The molecule has 0 unspecified atom stereocenters. The van der Waals surface area contributed by atoms with E-state index in [2.05, 4.69) is 15.5 Å². The van der Waals surface area contributed by atoms with Crippen LogP contribution in [0.5, 0.6) is 5.75 Å². The van der Waals surface area contributed by atoms with Crippen molar-refractivity contribution in [1.29, 1.82) is 0 Å². The van der Waals surface area contributed by atoms with Crippen molar-refractivity contribution in [2.75, 3.05) is 6.61 Å². The third-order valence-electron chi connectivity index (χ3n) is 4.65.